The molecule has 3 heterocycles. The van der Waals surface area contributed by atoms with E-state index in [-0.39, 0.29) is 11.8 Å². The molecule has 0 radical (unpaired) electrons. The Morgan fingerprint density at radius 1 is 1.23 bits per heavy atom. The third-order valence-electron chi connectivity index (χ3n) is 4.80. The van der Waals surface area contributed by atoms with Gasteiger partial charge in [-0.1, -0.05) is 19.0 Å². The van der Waals surface area contributed by atoms with Crippen LogP contribution in [-0.4, -0.2) is 34.7 Å². The highest BCUT2D eigenvalue weighted by molar-refractivity contribution is 6.06. The Balaban J connectivity index is 1.61. The maximum Gasteiger partial charge on any atom is 0.270 e. The summed E-state index contributed by atoms with van der Waals surface area (Å²) in [5.74, 6) is -0.299. The number of rotatable bonds is 4. The number of fused-ring (bicyclic) bond motifs is 1. The van der Waals surface area contributed by atoms with Crippen molar-refractivity contribution in [3.63, 3.8) is 0 Å². The van der Waals surface area contributed by atoms with Crippen LogP contribution in [0.4, 0.5) is 0 Å². The summed E-state index contributed by atoms with van der Waals surface area (Å²) in [5.41, 5.74) is 7.27. The van der Waals surface area contributed by atoms with Gasteiger partial charge in [0.15, 0.2) is 0 Å². The Labute approximate surface area is 150 Å². The van der Waals surface area contributed by atoms with E-state index in [0.717, 1.165) is 25.0 Å². The molecule has 2 N–H and O–H groups in total. The molecule has 8 heteroatoms. The Morgan fingerprint density at radius 2 is 2.04 bits per heavy atom. The van der Waals surface area contributed by atoms with Crippen LogP contribution in [0.3, 0.4) is 0 Å². The first-order valence-corrected chi connectivity index (χ1v) is 9.06. The minimum Gasteiger partial charge on any atom is -0.368 e. The van der Waals surface area contributed by atoms with Crippen LogP contribution < -0.4 is 10.9 Å². The number of nitrogens with zero attached hydrogens (tertiary/aromatic N) is 2. The van der Waals surface area contributed by atoms with Crippen LogP contribution in [0.1, 0.15) is 73.1 Å². The van der Waals surface area contributed by atoms with E-state index in [1.165, 1.54) is 0 Å². The Kier molecular flexibility index (Phi) is 4.36. The first kappa shape index (κ1) is 17.0. The second-order valence-corrected chi connectivity index (χ2v) is 7.22. The quantitative estimate of drug-likeness (QED) is 0.811. The molecule has 0 spiro atoms. The summed E-state index contributed by atoms with van der Waals surface area (Å²) in [6.07, 6.45) is 3.12. The zero-order valence-electron chi connectivity index (χ0n) is 14.9. The number of pyridine rings is 1. The number of hydrogen-bond donors (Lipinski definition) is 2. The smallest absolute Gasteiger partial charge is 0.270 e. The van der Waals surface area contributed by atoms with Crippen LogP contribution >= 0.6 is 0 Å². The molecule has 2 aromatic rings. The van der Waals surface area contributed by atoms with Crippen molar-refractivity contribution < 1.29 is 18.8 Å². The van der Waals surface area contributed by atoms with Crippen LogP contribution in [0.15, 0.2) is 10.6 Å². The van der Waals surface area contributed by atoms with Gasteiger partial charge in [0.05, 0.1) is 16.6 Å². The second kappa shape index (κ2) is 6.68. The molecule has 26 heavy (non-hydrogen) atoms. The van der Waals surface area contributed by atoms with Crippen molar-refractivity contribution in [2.24, 2.45) is 0 Å². The predicted octanol–water partition coefficient (Wildman–Crippen LogP) is 2.16. The summed E-state index contributed by atoms with van der Waals surface area (Å²) in [7, 11) is 0. The van der Waals surface area contributed by atoms with Gasteiger partial charge >= 0.3 is 0 Å². The molecule has 0 bridgehead atoms. The molecule has 2 aliphatic rings. The Bertz CT molecular complexity index is 850. The van der Waals surface area contributed by atoms with E-state index in [9.17, 15) is 9.59 Å². The number of hydrazine groups is 1. The van der Waals surface area contributed by atoms with E-state index in [1.54, 1.807) is 6.07 Å². The molecule has 0 aromatic carbocycles. The highest BCUT2D eigenvalue weighted by Crippen LogP contribution is 2.41. The van der Waals surface area contributed by atoms with Crippen LogP contribution in [0.2, 0.25) is 0 Å². The largest absolute Gasteiger partial charge is 0.368 e. The maximum absolute atomic E-state index is 12.8. The lowest BCUT2D eigenvalue weighted by Gasteiger charge is -2.12. The third-order valence-corrected chi connectivity index (χ3v) is 4.80. The molecule has 8 nitrogen and oxygen atoms in total. The summed E-state index contributed by atoms with van der Waals surface area (Å²) in [5, 5.41) is 4.70. The maximum atomic E-state index is 12.8. The number of aromatic nitrogens is 2. The Morgan fingerprint density at radius 3 is 2.69 bits per heavy atom. The van der Waals surface area contributed by atoms with Gasteiger partial charge in [0.1, 0.15) is 6.10 Å². The molecule has 1 aliphatic heterocycles. The molecule has 4 rings (SSSR count). The molecular weight excluding hydrogens is 336 g/mol. The summed E-state index contributed by atoms with van der Waals surface area (Å²) < 4.78 is 10.7. The van der Waals surface area contributed by atoms with Crippen LogP contribution in [0, 0.1) is 0 Å². The van der Waals surface area contributed by atoms with Gasteiger partial charge in [-0.05, 0) is 37.7 Å². The van der Waals surface area contributed by atoms with Gasteiger partial charge in [-0.25, -0.2) is 4.98 Å². The summed E-state index contributed by atoms with van der Waals surface area (Å²) >= 11 is 0. The van der Waals surface area contributed by atoms with Crippen molar-refractivity contribution in [1.82, 2.24) is 21.0 Å². The van der Waals surface area contributed by atoms with Gasteiger partial charge in [0, 0.05) is 18.2 Å². The lowest BCUT2D eigenvalue weighted by Crippen LogP contribution is -2.46. The lowest BCUT2D eigenvalue weighted by molar-refractivity contribution is -0.130. The average Bonchev–Trinajstić information content (AvgIpc) is 3.16. The molecule has 2 aromatic heterocycles. The molecule has 1 saturated heterocycles. The number of carbonyl (C=O) groups is 2. The molecule has 2 fully saturated rings. The molecular formula is C18H22N4O4. The van der Waals surface area contributed by atoms with Crippen molar-refractivity contribution in [2.45, 2.75) is 57.5 Å². The third kappa shape index (κ3) is 3.16. The van der Waals surface area contributed by atoms with E-state index in [2.05, 4.69) is 21.0 Å². The average molecular weight is 358 g/mol. The van der Waals surface area contributed by atoms with Gasteiger partial charge in [-0.2, -0.15) is 0 Å². The van der Waals surface area contributed by atoms with Gasteiger partial charge < -0.3 is 9.26 Å². The number of nitrogens with one attached hydrogen (secondary N) is 2. The van der Waals surface area contributed by atoms with Gasteiger partial charge in [0.2, 0.25) is 0 Å². The second-order valence-electron chi connectivity index (χ2n) is 7.22. The van der Waals surface area contributed by atoms with E-state index in [0.29, 0.717) is 41.3 Å². The topological polar surface area (TPSA) is 106 Å². The zero-order chi connectivity index (χ0) is 18.3. The van der Waals surface area contributed by atoms with Crippen molar-refractivity contribution >= 4 is 22.9 Å². The van der Waals surface area contributed by atoms with Gasteiger partial charge in [-0.3, -0.25) is 20.4 Å². The van der Waals surface area contributed by atoms with Crippen LogP contribution in [-0.2, 0) is 9.53 Å². The Hall–Kier alpha value is -2.48. The van der Waals surface area contributed by atoms with E-state index < -0.39 is 12.0 Å². The van der Waals surface area contributed by atoms with Crippen molar-refractivity contribution in [1.29, 1.82) is 0 Å². The monoisotopic (exact) mass is 358 g/mol. The molecule has 2 amide bonds. The van der Waals surface area contributed by atoms with Crippen LogP contribution in [0.5, 0.6) is 0 Å². The van der Waals surface area contributed by atoms with E-state index in [1.807, 2.05) is 13.8 Å². The summed E-state index contributed by atoms with van der Waals surface area (Å²) in [6.45, 7) is 4.53. The van der Waals surface area contributed by atoms with E-state index >= 15 is 0 Å². The molecule has 1 unspecified atom stereocenters. The minimum atomic E-state index is -0.503. The molecule has 138 valence electrons. The zero-order valence-corrected chi connectivity index (χ0v) is 14.9. The van der Waals surface area contributed by atoms with E-state index in [4.69, 9.17) is 9.26 Å². The first-order chi connectivity index (χ1) is 12.5. The number of ether oxygens (including phenoxy) is 1. The molecule has 1 aliphatic carbocycles. The van der Waals surface area contributed by atoms with Crippen molar-refractivity contribution in [3.05, 3.63) is 23.0 Å². The number of amides is 2. The number of carbonyl (C=O) groups excluding carboxylic acids is 2. The van der Waals surface area contributed by atoms with Gasteiger partial charge in [0.25, 0.3) is 17.5 Å². The fourth-order valence-electron chi connectivity index (χ4n) is 3.20. The van der Waals surface area contributed by atoms with Crippen molar-refractivity contribution in [2.75, 3.05) is 6.61 Å². The minimum absolute atomic E-state index is 0.0813. The fraction of sp³-hybridized carbons (Fsp3) is 0.556. The normalized spacial score (nSPS) is 19.9. The highest BCUT2D eigenvalue weighted by atomic mass is 16.5. The highest BCUT2D eigenvalue weighted by Gasteiger charge is 2.30. The number of hydrogen-bond acceptors (Lipinski definition) is 6. The van der Waals surface area contributed by atoms with Crippen molar-refractivity contribution in [3.8, 4) is 0 Å². The SMILES string of the molecule is CC(C)c1noc2nc(C3CC3)cc(C(=O)NNC(=O)C3CCCO3)c12. The lowest BCUT2D eigenvalue weighted by atomic mass is 10.0. The molecule has 1 atom stereocenters. The molecule has 1 saturated carbocycles. The fourth-order valence-corrected chi connectivity index (χ4v) is 3.20. The summed E-state index contributed by atoms with van der Waals surface area (Å²) in [4.78, 5) is 29.4. The van der Waals surface area contributed by atoms with Gasteiger partial charge in [-0.15, -0.1) is 0 Å². The summed E-state index contributed by atoms with van der Waals surface area (Å²) in [6, 6.07) is 1.79. The predicted molar refractivity (Wildman–Crippen MR) is 92.5 cm³/mol. The standard InChI is InChI=1S/C18H22N4O4/c1-9(2)15-14-11(8-12(10-5-6-10)19-18(14)26-22-15)16(23)20-21-17(24)13-4-3-7-25-13/h8-10,13H,3-7H2,1-2H3,(H,20,23)(H,21,24). The van der Waals surface area contributed by atoms with Crippen LogP contribution in [0.25, 0.3) is 11.1 Å². The first-order valence-electron chi connectivity index (χ1n) is 9.06.